The molecule has 136 valence electrons. The summed E-state index contributed by atoms with van der Waals surface area (Å²) >= 11 is 0. The molecule has 1 aliphatic rings. The van der Waals surface area contributed by atoms with Gasteiger partial charge in [0.25, 0.3) is 0 Å². The quantitative estimate of drug-likeness (QED) is 0.677. The molecule has 0 aliphatic carbocycles. The second-order valence-electron chi connectivity index (χ2n) is 7.23. The molecule has 2 aromatic heterocycles. The Hall–Kier alpha value is -2.40. The van der Waals surface area contributed by atoms with Gasteiger partial charge in [-0.25, -0.2) is 9.37 Å². The Balaban J connectivity index is 1.59. The van der Waals surface area contributed by atoms with Crippen molar-refractivity contribution >= 4 is 23.3 Å². The van der Waals surface area contributed by atoms with Crippen molar-refractivity contribution in [3.63, 3.8) is 0 Å². The van der Waals surface area contributed by atoms with Crippen LogP contribution in [0.4, 0.5) is 4.39 Å². The molecular weight excluding hydrogens is 329 g/mol. The minimum Gasteiger partial charge on any atom is -0.437 e. The molecule has 0 saturated carbocycles. The van der Waals surface area contributed by atoms with Gasteiger partial charge in [0, 0.05) is 29.6 Å². The number of hydrogen-bond acceptors (Lipinski definition) is 3. The Morgan fingerprint density at radius 2 is 1.92 bits per heavy atom. The predicted molar refractivity (Wildman–Crippen MR) is 103 cm³/mol. The highest BCUT2D eigenvalue weighted by Gasteiger charge is 2.21. The molecule has 26 heavy (non-hydrogen) atoms. The number of hydrogen-bond donors (Lipinski definition) is 0. The third kappa shape index (κ3) is 3.19. The van der Waals surface area contributed by atoms with E-state index in [2.05, 4.69) is 41.4 Å². The monoisotopic (exact) mass is 353 g/mol. The standard InChI is InChI=1S/C21H24FN3O/c1-14-12-16(15(2)25(14)18-8-10-24(3)11-9-18)4-7-21-23-19-13-17(22)5-6-20(19)26-21/h4-7,12-13,18H,8-11H2,1-3H3. The largest absolute Gasteiger partial charge is 0.437 e. The third-order valence-electron chi connectivity index (χ3n) is 5.35. The minimum absolute atomic E-state index is 0.303. The highest BCUT2D eigenvalue weighted by Crippen LogP contribution is 2.29. The van der Waals surface area contributed by atoms with Crippen molar-refractivity contribution < 1.29 is 8.81 Å². The Kier molecular flexibility index (Phi) is 4.41. The molecule has 0 amide bonds. The summed E-state index contributed by atoms with van der Waals surface area (Å²) in [4.78, 5) is 6.73. The number of aromatic nitrogens is 2. The zero-order valence-electron chi connectivity index (χ0n) is 15.5. The first-order chi connectivity index (χ1) is 12.5. The lowest BCUT2D eigenvalue weighted by Crippen LogP contribution is -2.32. The van der Waals surface area contributed by atoms with Gasteiger partial charge in [-0.15, -0.1) is 0 Å². The maximum Gasteiger partial charge on any atom is 0.220 e. The smallest absolute Gasteiger partial charge is 0.220 e. The highest BCUT2D eigenvalue weighted by atomic mass is 19.1. The average molecular weight is 353 g/mol. The lowest BCUT2D eigenvalue weighted by molar-refractivity contribution is 0.218. The maximum absolute atomic E-state index is 13.3. The molecule has 3 aromatic rings. The molecule has 4 rings (SSSR count). The number of likely N-dealkylation sites (tertiary alicyclic amines) is 1. The van der Waals surface area contributed by atoms with E-state index in [9.17, 15) is 4.39 Å². The number of halogens is 1. The van der Waals surface area contributed by atoms with E-state index in [-0.39, 0.29) is 5.82 Å². The maximum atomic E-state index is 13.3. The molecule has 0 N–H and O–H groups in total. The molecule has 3 heterocycles. The van der Waals surface area contributed by atoms with Gasteiger partial charge in [-0.2, -0.15) is 0 Å². The molecule has 1 aromatic carbocycles. The first kappa shape index (κ1) is 17.0. The van der Waals surface area contributed by atoms with E-state index >= 15 is 0 Å². The highest BCUT2D eigenvalue weighted by molar-refractivity contribution is 5.76. The van der Waals surface area contributed by atoms with Crippen LogP contribution in [-0.2, 0) is 0 Å². The molecule has 5 heteroatoms. The summed E-state index contributed by atoms with van der Waals surface area (Å²) in [6, 6.07) is 7.17. The van der Waals surface area contributed by atoms with E-state index in [1.165, 1.54) is 41.9 Å². The molecule has 0 radical (unpaired) electrons. The molecule has 1 saturated heterocycles. The van der Waals surface area contributed by atoms with Gasteiger partial charge < -0.3 is 13.9 Å². The number of rotatable bonds is 3. The number of piperidine rings is 1. The van der Waals surface area contributed by atoms with Crippen LogP contribution in [0.2, 0.25) is 0 Å². The first-order valence-corrected chi connectivity index (χ1v) is 9.12. The molecule has 0 atom stereocenters. The molecule has 0 unspecified atom stereocenters. The van der Waals surface area contributed by atoms with E-state index in [0.29, 0.717) is 23.0 Å². The van der Waals surface area contributed by atoms with E-state index in [1.54, 1.807) is 6.07 Å². The molecule has 1 fully saturated rings. The van der Waals surface area contributed by atoms with Crippen LogP contribution in [0.5, 0.6) is 0 Å². The fraction of sp³-hybridized carbons (Fsp3) is 0.381. The summed E-state index contributed by atoms with van der Waals surface area (Å²) in [5.41, 5.74) is 4.88. The predicted octanol–water partition coefficient (Wildman–Crippen LogP) is 4.82. The molecule has 4 nitrogen and oxygen atoms in total. The summed E-state index contributed by atoms with van der Waals surface area (Å²) in [5, 5.41) is 0. The van der Waals surface area contributed by atoms with E-state index in [0.717, 1.165) is 13.1 Å². The van der Waals surface area contributed by atoms with Gasteiger partial charge in [0.1, 0.15) is 11.3 Å². The van der Waals surface area contributed by atoms with Gasteiger partial charge in [0.2, 0.25) is 5.89 Å². The van der Waals surface area contributed by atoms with Crippen LogP contribution in [0.3, 0.4) is 0 Å². The zero-order chi connectivity index (χ0) is 18.3. The van der Waals surface area contributed by atoms with Crippen molar-refractivity contribution in [2.45, 2.75) is 32.7 Å². The minimum atomic E-state index is -0.303. The van der Waals surface area contributed by atoms with Crippen LogP contribution in [0, 0.1) is 19.7 Å². The third-order valence-corrected chi connectivity index (χ3v) is 5.35. The van der Waals surface area contributed by atoms with Crippen LogP contribution in [0.1, 0.15) is 41.7 Å². The van der Waals surface area contributed by atoms with Gasteiger partial charge in [-0.1, -0.05) is 0 Å². The van der Waals surface area contributed by atoms with Gasteiger partial charge in [-0.05, 0) is 76.7 Å². The van der Waals surface area contributed by atoms with E-state index in [1.807, 2.05) is 12.2 Å². The Bertz CT molecular complexity index is 961. The zero-order valence-corrected chi connectivity index (χ0v) is 15.5. The van der Waals surface area contributed by atoms with Crippen LogP contribution < -0.4 is 0 Å². The van der Waals surface area contributed by atoms with Gasteiger partial charge in [0.15, 0.2) is 5.58 Å². The van der Waals surface area contributed by atoms with Crippen molar-refractivity contribution in [2.75, 3.05) is 20.1 Å². The van der Waals surface area contributed by atoms with Gasteiger partial charge >= 0.3 is 0 Å². The second kappa shape index (κ2) is 6.72. The first-order valence-electron chi connectivity index (χ1n) is 9.12. The van der Waals surface area contributed by atoms with Gasteiger partial charge in [-0.3, -0.25) is 0 Å². The lowest BCUT2D eigenvalue weighted by Gasteiger charge is -2.31. The summed E-state index contributed by atoms with van der Waals surface area (Å²) in [6.45, 7) is 6.63. The van der Waals surface area contributed by atoms with Crippen LogP contribution in [0.15, 0.2) is 28.7 Å². The SMILES string of the molecule is Cc1cc(C=Cc2nc3cc(F)ccc3o2)c(C)n1C1CCN(C)CC1. The van der Waals surface area contributed by atoms with Crippen LogP contribution >= 0.6 is 0 Å². The molecular formula is C21H24FN3O. The topological polar surface area (TPSA) is 34.2 Å². The molecule has 1 aliphatic heterocycles. The Morgan fingerprint density at radius 3 is 2.69 bits per heavy atom. The van der Waals surface area contributed by atoms with Crippen LogP contribution in [-0.4, -0.2) is 34.6 Å². The van der Waals surface area contributed by atoms with Crippen molar-refractivity contribution in [3.8, 4) is 0 Å². The number of aryl methyl sites for hydroxylation is 1. The van der Waals surface area contributed by atoms with Crippen LogP contribution in [0.25, 0.3) is 23.3 Å². The fourth-order valence-electron chi connectivity index (χ4n) is 3.94. The van der Waals surface area contributed by atoms with Crippen molar-refractivity contribution in [2.24, 2.45) is 0 Å². The van der Waals surface area contributed by atoms with E-state index < -0.39 is 0 Å². The Labute approximate surface area is 152 Å². The van der Waals surface area contributed by atoms with Gasteiger partial charge in [0.05, 0.1) is 0 Å². The number of oxazole rings is 1. The van der Waals surface area contributed by atoms with Crippen molar-refractivity contribution in [1.29, 1.82) is 0 Å². The molecule has 0 spiro atoms. The average Bonchev–Trinajstić information content (AvgIpc) is 3.14. The number of benzene rings is 1. The normalized spacial score (nSPS) is 16.9. The second-order valence-corrected chi connectivity index (χ2v) is 7.23. The Morgan fingerprint density at radius 1 is 1.15 bits per heavy atom. The summed E-state index contributed by atoms with van der Waals surface area (Å²) in [7, 11) is 2.19. The number of nitrogens with zero attached hydrogens (tertiary/aromatic N) is 3. The summed E-state index contributed by atoms with van der Waals surface area (Å²) < 4.78 is 21.4. The number of fused-ring (bicyclic) bond motifs is 1. The summed E-state index contributed by atoms with van der Waals surface area (Å²) in [5.74, 6) is 0.192. The van der Waals surface area contributed by atoms with E-state index in [4.69, 9.17) is 4.42 Å². The van der Waals surface area contributed by atoms with Crippen molar-refractivity contribution in [1.82, 2.24) is 14.5 Å². The lowest BCUT2D eigenvalue weighted by atomic mass is 10.0. The van der Waals surface area contributed by atoms with Crippen molar-refractivity contribution in [3.05, 3.63) is 52.9 Å². The fourth-order valence-corrected chi connectivity index (χ4v) is 3.94. The molecule has 0 bridgehead atoms. The summed E-state index contributed by atoms with van der Waals surface area (Å²) in [6.07, 6.45) is 6.27.